The minimum absolute atomic E-state index is 0.00454. The van der Waals surface area contributed by atoms with Crippen LogP contribution in [0.3, 0.4) is 0 Å². The van der Waals surface area contributed by atoms with Crippen molar-refractivity contribution in [1.82, 2.24) is 9.80 Å². The topological polar surface area (TPSA) is 57.7 Å². The molecule has 0 radical (unpaired) electrons. The van der Waals surface area contributed by atoms with E-state index in [9.17, 15) is 14.4 Å². The highest BCUT2D eigenvalue weighted by molar-refractivity contribution is 6.11. The molecule has 0 aromatic heterocycles. The number of likely N-dealkylation sites (tertiary alicyclic amines) is 2. The van der Waals surface area contributed by atoms with Gasteiger partial charge in [0.25, 0.3) is 0 Å². The Hall–Kier alpha value is -2.17. The molecule has 29 heavy (non-hydrogen) atoms. The van der Waals surface area contributed by atoms with Crippen LogP contribution in [0.25, 0.3) is 0 Å². The van der Waals surface area contributed by atoms with Gasteiger partial charge in [-0.25, -0.2) is 0 Å². The highest BCUT2D eigenvalue weighted by atomic mass is 16.2. The van der Waals surface area contributed by atoms with Crippen LogP contribution in [-0.4, -0.2) is 46.1 Å². The fourth-order valence-electron chi connectivity index (χ4n) is 5.68. The lowest BCUT2D eigenvalue weighted by Crippen LogP contribution is -2.48. The highest BCUT2D eigenvalue weighted by Gasteiger charge is 2.56. The zero-order chi connectivity index (χ0) is 20.6. The molecule has 5 heteroatoms. The van der Waals surface area contributed by atoms with Crippen LogP contribution in [0.4, 0.5) is 0 Å². The van der Waals surface area contributed by atoms with Gasteiger partial charge in [-0.05, 0) is 57.1 Å². The number of amides is 3. The van der Waals surface area contributed by atoms with Gasteiger partial charge >= 0.3 is 0 Å². The summed E-state index contributed by atoms with van der Waals surface area (Å²) in [6.07, 6.45) is 7.25. The van der Waals surface area contributed by atoms with E-state index in [1.54, 1.807) is 0 Å². The van der Waals surface area contributed by atoms with Crippen molar-refractivity contribution in [1.29, 1.82) is 0 Å². The minimum Gasteiger partial charge on any atom is -0.340 e. The molecule has 3 fully saturated rings. The molecule has 1 aliphatic carbocycles. The van der Waals surface area contributed by atoms with E-state index in [-0.39, 0.29) is 42.6 Å². The van der Waals surface area contributed by atoms with Gasteiger partial charge in [-0.2, -0.15) is 0 Å². The molecule has 1 saturated carbocycles. The van der Waals surface area contributed by atoms with Gasteiger partial charge < -0.3 is 4.90 Å². The molecule has 2 aliphatic heterocycles. The van der Waals surface area contributed by atoms with Crippen LogP contribution >= 0.6 is 0 Å². The lowest BCUT2D eigenvalue weighted by molar-refractivity contribution is -0.145. The molecule has 1 aromatic rings. The fraction of sp³-hybridized carbons (Fsp3) is 0.625. The zero-order valence-corrected chi connectivity index (χ0v) is 17.7. The Bertz CT molecular complexity index is 814. The molecule has 5 nitrogen and oxygen atoms in total. The number of hydrogen-bond donors (Lipinski definition) is 0. The summed E-state index contributed by atoms with van der Waals surface area (Å²) in [6, 6.07) is 7.96. The van der Waals surface area contributed by atoms with Crippen molar-refractivity contribution in [2.45, 2.75) is 89.1 Å². The van der Waals surface area contributed by atoms with Crippen molar-refractivity contribution < 1.29 is 14.4 Å². The van der Waals surface area contributed by atoms with E-state index < -0.39 is 5.41 Å². The summed E-state index contributed by atoms with van der Waals surface area (Å²) < 4.78 is 0. The fourth-order valence-corrected chi connectivity index (χ4v) is 5.68. The van der Waals surface area contributed by atoms with E-state index >= 15 is 0 Å². The van der Waals surface area contributed by atoms with E-state index in [1.165, 1.54) is 4.90 Å². The second kappa shape index (κ2) is 7.92. The first-order valence-corrected chi connectivity index (χ1v) is 11.2. The van der Waals surface area contributed by atoms with Gasteiger partial charge in [-0.15, -0.1) is 0 Å². The number of carbonyl (C=O) groups is 3. The number of piperidine rings is 1. The Morgan fingerprint density at radius 2 is 1.76 bits per heavy atom. The Labute approximate surface area is 173 Å². The summed E-state index contributed by atoms with van der Waals surface area (Å²) >= 11 is 0. The molecule has 4 rings (SSSR count). The molecule has 2 atom stereocenters. The normalized spacial score (nSPS) is 28.4. The van der Waals surface area contributed by atoms with Gasteiger partial charge in [0.15, 0.2) is 0 Å². The lowest BCUT2D eigenvalue weighted by atomic mass is 9.73. The van der Waals surface area contributed by atoms with Crippen molar-refractivity contribution in [2.24, 2.45) is 0 Å². The Morgan fingerprint density at radius 1 is 1.07 bits per heavy atom. The molecular weight excluding hydrogens is 364 g/mol. The Kier molecular flexibility index (Phi) is 5.50. The molecule has 0 spiro atoms. The number of carbonyl (C=O) groups excluding carboxylic acids is 3. The molecule has 3 aliphatic rings. The smallest absolute Gasteiger partial charge is 0.241 e. The number of imide groups is 1. The molecule has 3 amide bonds. The maximum Gasteiger partial charge on any atom is 0.241 e. The summed E-state index contributed by atoms with van der Waals surface area (Å²) in [7, 11) is 0. The lowest BCUT2D eigenvalue weighted by Gasteiger charge is -2.37. The minimum atomic E-state index is -1.06. The van der Waals surface area contributed by atoms with E-state index in [2.05, 4.69) is 6.92 Å². The average molecular weight is 397 g/mol. The van der Waals surface area contributed by atoms with Crippen LogP contribution in [0.5, 0.6) is 0 Å². The molecule has 0 bridgehead atoms. The van der Waals surface area contributed by atoms with Gasteiger partial charge in [0, 0.05) is 31.5 Å². The first-order chi connectivity index (χ1) is 13.9. The van der Waals surface area contributed by atoms with Gasteiger partial charge in [0.2, 0.25) is 17.7 Å². The van der Waals surface area contributed by atoms with Gasteiger partial charge in [0.1, 0.15) is 0 Å². The standard InChI is InChI=1S/C24H32N2O3/c1-17-9-3-6-13-20(17)24(15-21(27)25-14-8-7-10-18(25)2)16-22(28)26(23(24)29)19-11-4-5-12-19/h3,6,9,13,18-19H,4-5,7-8,10-12,14-16H2,1-2H3/t18-,24-/m0/s1. The predicted octanol–water partition coefficient (Wildman–Crippen LogP) is 3.73. The third-order valence-corrected chi connectivity index (χ3v) is 7.28. The predicted molar refractivity (Wildman–Crippen MR) is 111 cm³/mol. The van der Waals surface area contributed by atoms with E-state index in [4.69, 9.17) is 0 Å². The number of benzene rings is 1. The van der Waals surface area contributed by atoms with Crippen molar-refractivity contribution >= 4 is 17.7 Å². The van der Waals surface area contributed by atoms with E-state index in [0.717, 1.165) is 62.6 Å². The SMILES string of the molecule is Cc1ccccc1[C@]1(CC(=O)N2CCCC[C@@H]2C)CC(=O)N(C2CCCC2)C1=O. The number of nitrogens with zero attached hydrogens (tertiary/aromatic N) is 2. The van der Waals surface area contributed by atoms with E-state index in [1.807, 2.05) is 36.1 Å². The van der Waals surface area contributed by atoms with Crippen molar-refractivity contribution in [3.05, 3.63) is 35.4 Å². The largest absolute Gasteiger partial charge is 0.340 e. The first-order valence-electron chi connectivity index (χ1n) is 11.2. The number of aryl methyl sites for hydroxylation is 1. The van der Waals surface area contributed by atoms with Crippen molar-refractivity contribution in [2.75, 3.05) is 6.54 Å². The average Bonchev–Trinajstić information content (AvgIpc) is 3.29. The molecule has 2 saturated heterocycles. The zero-order valence-electron chi connectivity index (χ0n) is 17.7. The van der Waals surface area contributed by atoms with Crippen LogP contribution in [0, 0.1) is 6.92 Å². The van der Waals surface area contributed by atoms with Crippen LogP contribution in [0.15, 0.2) is 24.3 Å². The maximum absolute atomic E-state index is 13.8. The summed E-state index contributed by atoms with van der Waals surface area (Å²) in [6.45, 7) is 4.81. The molecule has 2 heterocycles. The molecule has 0 unspecified atom stereocenters. The van der Waals surface area contributed by atoms with Gasteiger partial charge in [-0.1, -0.05) is 37.1 Å². The first kappa shape index (κ1) is 20.1. The third kappa shape index (κ3) is 3.49. The quantitative estimate of drug-likeness (QED) is 0.729. The monoisotopic (exact) mass is 396 g/mol. The maximum atomic E-state index is 13.8. The summed E-state index contributed by atoms with van der Waals surface area (Å²) in [5, 5.41) is 0. The van der Waals surface area contributed by atoms with Crippen LogP contribution in [0.2, 0.25) is 0 Å². The second-order valence-electron chi connectivity index (χ2n) is 9.19. The molecule has 0 N–H and O–H groups in total. The molecule has 1 aromatic carbocycles. The second-order valence-corrected chi connectivity index (χ2v) is 9.19. The molecule has 156 valence electrons. The van der Waals surface area contributed by atoms with Crippen LogP contribution in [0.1, 0.15) is 75.8 Å². The van der Waals surface area contributed by atoms with Crippen molar-refractivity contribution in [3.63, 3.8) is 0 Å². The van der Waals surface area contributed by atoms with Gasteiger partial charge in [-0.3, -0.25) is 19.3 Å². The van der Waals surface area contributed by atoms with E-state index in [0.29, 0.717) is 0 Å². The number of hydrogen-bond acceptors (Lipinski definition) is 3. The van der Waals surface area contributed by atoms with Crippen LogP contribution in [-0.2, 0) is 19.8 Å². The summed E-state index contributed by atoms with van der Waals surface area (Å²) in [5.74, 6) is -0.249. The Balaban J connectivity index is 1.71. The number of rotatable bonds is 4. The Morgan fingerprint density at radius 3 is 2.45 bits per heavy atom. The van der Waals surface area contributed by atoms with Crippen molar-refractivity contribution in [3.8, 4) is 0 Å². The summed E-state index contributed by atoms with van der Waals surface area (Å²) in [5.41, 5.74) is 0.762. The third-order valence-electron chi connectivity index (χ3n) is 7.28. The van der Waals surface area contributed by atoms with Gasteiger partial charge in [0.05, 0.1) is 5.41 Å². The summed E-state index contributed by atoms with van der Waals surface area (Å²) in [4.78, 5) is 43.7. The highest BCUT2D eigenvalue weighted by Crippen LogP contribution is 2.44. The van der Waals surface area contributed by atoms with Crippen LogP contribution < -0.4 is 0 Å². The molecular formula is C24H32N2O3.